The molecule has 2 atom stereocenters. The summed E-state index contributed by atoms with van der Waals surface area (Å²) in [5.41, 5.74) is 6.48. The van der Waals surface area contributed by atoms with Crippen molar-refractivity contribution < 1.29 is 9.13 Å². The van der Waals surface area contributed by atoms with Crippen molar-refractivity contribution in [3.05, 3.63) is 35.6 Å². The van der Waals surface area contributed by atoms with Gasteiger partial charge in [-0.25, -0.2) is 4.39 Å². The van der Waals surface area contributed by atoms with Gasteiger partial charge in [-0.15, -0.1) is 0 Å². The first-order valence-corrected chi connectivity index (χ1v) is 6.80. The Kier molecular flexibility index (Phi) is 4.72. The van der Waals surface area contributed by atoms with E-state index in [0.29, 0.717) is 12.2 Å². The van der Waals surface area contributed by atoms with Gasteiger partial charge in [0.25, 0.3) is 0 Å². The number of ether oxygens (including phenoxy) is 1. The number of benzene rings is 1. The first kappa shape index (κ1) is 13.5. The van der Waals surface area contributed by atoms with E-state index in [0.717, 1.165) is 12.3 Å². The van der Waals surface area contributed by atoms with Crippen LogP contribution in [0.15, 0.2) is 24.3 Å². The van der Waals surface area contributed by atoms with Crippen LogP contribution in [0.2, 0.25) is 0 Å². The summed E-state index contributed by atoms with van der Waals surface area (Å²) in [5.74, 6) is 0.572. The lowest BCUT2D eigenvalue weighted by molar-refractivity contribution is 0.0225. The number of rotatable bonds is 6. The molecule has 0 aromatic heterocycles. The first-order chi connectivity index (χ1) is 8.68. The van der Waals surface area contributed by atoms with Gasteiger partial charge < -0.3 is 10.5 Å². The van der Waals surface area contributed by atoms with Crippen molar-refractivity contribution in [3.8, 4) is 0 Å². The molecule has 0 aliphatic heterocycles. The summed E-state index contributed by atoms with van der Waals surface area (Å²) in [6.45, 7) is 2.53. The van der Waals surface area contributed by atoms with Gasteiger partial charge in [0.2, 0.25) is 0 Å². The SMILES string of the molecule is CC(N)C(OCCC1CCC1)c1ccccc1F. The van der Waals surface area contributed by atoms with Crippen LogP contribution in [0.25, 0.3) is 0 Å². The second-order valence-corrected chi connectivity index (χ2v) is 5.26. The number of hydrogen-bond acceptors (Lipinski definition) is 2. The van der Waals surface area contributed by atoms with Crippen LogP contribution in [-0.4, -0.2) is 12.6 Å². The van der Waals surface area contributed by atoms with E-state index in [1.54, 1.807) is 12.1 Å². The topological polar surface area (TPSA) is 35.2 Å². The second kappa shape index (κ2) is 6.30. The van der Waals surface area contributed by atoms with E-state index in [1.807, 2.05) is 13.0 Å². The Labute approximate surface area is 108 Å². The standard InChI is InChI=1S/C15H22FNO/c1-11(17)15(13-7-2-3-8-14(13)16)18-10-9-12-5-4-6-12/h2-3,7-8,11-12,15H,4-6,9-10,17H2,1H3. The minimum Gasteiger partial charge on any atom is -0.372 e. The highest BCUT2D eigenvalue weighted by Gasteiger charge is 2.22. The molecule has 0 bridgehead atoms. The average Bonchev–Trinajstić information content (AvgIpc) is 2.28. The van der Waals surface area contributed by atoms with Crippen molar-refractivity contribution in [3.63, 3.8) is 0 Å². The highest BCUT2D eigenvalue weighted by Crippen LogP contribution is 2.30. The Morgan fingerprint density at radius 1 is 1.39 bits per heavy atom. The molecule has 1 aliphatic carbocycles. The zero-order valence-corrected chi connectivity index (χ0v) is 10.9. The van der Waals surface area contributed by atoms with E-state index in [1.165, 1.54) is 25.3 Å². The lowest BCUT2D eigenvalue weighted by Gasteiger charge is -2.27. The lowest BCUT2D eigenvalue weighted by Crippen LogP contribution is -2.28. The molecule has 2 unspecified atom stereocenters. The quantitative estimate of drug-likeness (QED) is 0.840. The van der Waals surface area contributed by atoms with Crippen molar-refractivity contribution in [2.75, 3.05) is 6.61 Å². The van der Waals surface area contributed by atoms with Gasteiger partial charge in [0, 0.05) is 18.2 Å². The van der Waals surface area contributed by atoms with E-state index in [2.05, 4.69) is 0 Å². The van der Waals surface area contributed by atoms with E-state index in [-0.39, 0.29) is 18.0 Å². The van der Waals surface area contributed by atoms with Crippen LogP contribution >= 0.6 is 0 Å². The van der Waals surface area contributed by atoms with Crippen LogP contribution in [0.1, 0.15) is 44.3 Å². The first-order valence-electron chi connectivity index (χ1n) is 6.80. The summed E-state index contributed by atoms with van der Waals surface area (Å²) in [4.78, 5) is 0. The summed E-state index contributed by atoms with van der Waals surface area (Å²) in [6, 6.07) is 6.52. The maximum Gasteiger partial charge on any atom is 0.129 e. The van der Waals surface area contributed by atoms with Gasteiger partial charge in [0.1, 0.15) is 11.9 Å². The molecule has 0 saturated heterocycles. The van der Waals surface area contributed by atoms with Gasteiger partial charge in [-0.1, -0.05) is 37.5 Å². The van der Waals surface area contributed by atoms with Crippen LogP contribution < -0.4 is 5.73 Å². The number of hydrogen-bond donors (Lipinski definition) is 1. The fraction of sp³-hybridized carbons (Fsp3) is 0.600. The predicted octanol–water partition coefficient (Wildman–Crippen LogP) is 3.42. The second-order valence-electron chi connectivity index (χ2n) is 5.26. The largest absolute Gasteiger partial charge is 0.372 e. The van der Waals surface area contributed by atoms with Gasteiger partial charge in [-0.2, -0.15) is 0 Å². The molecule has 1 aromatic carbocycles. The third kappa shape index (κ3) is 3.30. The van der Waals surface area contributed by atoms with Crippen molar-refractivity contribution in [1.29, 1.82) is 0 Å². The molecule has 0 radical (unpaired) electrons. The Morgan fingerprint density at radius 3 is 2.67 bits per heavy atom. The predicted molar refractivity (Wildman–Crippen MR) is 70.7 cm³/mol. The maximum atomic E-state index is 13.7. The molecule has 1 aliphatic rings. The molecular formula is C15H22FNO. The van der Waals surface area contributed by atoms with Crippen molar-refractivity contribution in [2.24, 2.45) is 11.7 Å². The van der Waals surface area contributed by atoms with Crippen LogP contribution in [0.3, 0.4) is 0 Å². The monoisotopic (exact) mass is 251 g/mol. The lowest BCUT2D eigenvalue weighted by atomic mass is 9.83. The molecule has 0 heterocycles. The Hall–Kier alpha value is -0.930. The Morgan fingerprint density at radius 2 is 2.11 bits per heavy atom. The number of halogens is 1. The van der Waals surface area contributed by atoms with Gasteiger partial charge >= 0.3 is 0 Å². The fourth-order valence-electron chi connectivity index (χ4n) is 2.37. The fourth-order valence-corrected chi connectivity index (χ4v) is 2.37. The third-order valence-corrected chi connectivity index (χ3v) is 3.74. The van der Waals surface area contributed by atoms with Gasteiger partial charge in [0.05, 0.1) is 0 Å². The van der Waals surface area contributed by atoms with E-state index in [4.69, 9.17) is 10.5 Å². The molecule has 1 aromatic rings. The molecule has 2 rings (SSSR count). The van der Waals surface area contributed by atoms with Crippen LogP contribution in [0.4, 0.5) is 4.39 Å². The van der Waals surface area contributed by atoms with E-state index < -0.39 is 0 Å². The molecule has 100 valence electrons. The highest BCUT2D eigenvalue weighted by atomic mass is 19.1. The minimum absolute atomic E-state index is 0.205. The van der Waals surface area contributed by atoms with Crippen LogP contribution in [-0.2, 0) is 4.74 Å². The zero-order valence-electron chi connectivity index (χ0n) is 10.9. The zero-order chi connectivity index (χ0) is 13.0. The van der Waals surface area contributed by atoms with Crippen LogP contribution in [0.5, 0.6) is 0 Å². The van der Waals surface area contributed by atoms with Crippen molar-refractivity contribution in [2.45, 2.75) is 44.8 Å². The molecular weight excluding hydrogens is 229 g/mol. The molecule has 1 fully saturated rings. The van der Waals surface area contributed by atoms with E-state index in [9.17, 15) is 4.39 Å². The summed E-state index contributed by atoms with van der Waals surface area (Å²) >= 11 is 0. The van der Waals surface area contributed by atoms with Crippen LogP contribution in [0, 0.1) is 11.7 Å². The molecule has 3 heteroatoms. The summed E-state index contributed by atoms with van der Waals surface area (Å²) in [5, 5.41) is 0. The molecule has 0 spiro atoms. The molecule has 1 saturated carbocycles. The summed E-state index contributed by atoms with van der Waals surface area (Å²) in [7, 11) is 0. The normalized spacial score (nSPS) is 19.3. The van der Waals surface area contributed by atoms with Gasteiger partial charge in [-0.3, -0.25) is 0 Å². The maximum absolute atomic E-state index is 13.7. The minimum atomic E-state index is -0.341. The Bertz CT molecular complexity index is 377. The molecule has 18 heavy (non-hydrogen) atoms. The van der Waals surface area contributed by atoms with Gasteiger partial charge in [0.15, 0.2) is 0 Å². The Balaban J connectivity index is 1.92. The smallest absolute Gasteiger partial charge is 0.129 e. The summed E-state index contributed by atoms with van der Waals surface area (Å²) in [6.07, 6.45) is 4.69. The van der Waals surface area contributed by atoms with Gasteiger partial charge in [-0.05, 0) is 25.3 Å². The summed E-state index contributed by atoms with van der Waals surface area (Å²) < 4.78 is 19.5. The number of nitrogens with two attached hydrogens (primary N) is 1. The highest BCUT2D eigenvalue weighted by molar-refractivity contribution is 5.21. The average molecular weight is 251 g/mol. The van der Waals surface area contributed by atoms with E-state index >= 15 is 0 Å². The third-order valence-electron chi connectivity index (χ3n) is 3.74. The molecule has 2 nitrogen and oxygen atoms in total. The van der Waals surface area contributed by atoms with Crippen molar-refractivity contribution in [1.82, 2.24) is 0 Å². The van der Waals surface area contributed by atoms with Crippen molar-refractivity contribution >= 4 is 0 Å². The molecule has 0 amide bonds. The molecule has 2 N–H and O–H groups in total.